The van der Waals surface area contributed by atoms with Crippen molar-refractivity contribution in [3.05, 3.63) is 57.3 Å². The summed E-state index contributed by atoms with van der Waals surface area (Å²) in [5.74, 6) is 0. The van der Waals surface area contributed by atoms with Gasteiger partial charge in [0.15, 0.2) is 0 Å². The minimum absolute atomic E-state index is 0.449. The quantitative estimate of drug-likeness (QED) is 0.846. The van der Waals surface area contributed by atoms with Crippen LogP contribution in [0.3, 0.4) is 0 Å². The zero-order valence-electron chi connectivity index (χ0n) is 11.4. The topological polar surface area (TPSA) is 12.0 Å². The molecule has 96 valence electrons. The van der Waals surface area contributed by atoms with E-state index in [0.29, 0.717) is 6.04 Å². The van der Waals surface area contributed by atoms with Gasteiger partial charge in [-0.05, 0) is 72.8 Å². The summed E-state index contributed by atoms with van der Waals surface area (Å²) in [5.41, 5.74) is 5.68. The predicted molar refractivity (Wildman–Crippen MR) is 80.4 cm³/mol. The van der Waals surface area contributed by atoms with Crippen molar-refractivity contribution in [3.63, 3.8) is 0 Å². The Hall–Kier alpha value is -1.12. The van der Waals surface area contributed by atoms with Crippen molar-refractivity contribution in [1.29, 1.82) is 0 Å². The van der Waals surface area contributed by atoms with Gasteiger partial charge in [-0.3, -0.25) is 0 Å². The number of aryl methyl sites for hydroxylation is 2. The van der Waals surface area contributed by atoms with Gasteiger partial charge in [0.2, 0.25) is 0 Å². The smallest absolute Gasteiger partial charge is 0.0323 e. The molecule has 2 aromatic rings. The summed E-state index contributed by atoms with van der Waals surface area (Å²) in [5, 5.41) is 7.85. The van der Waals surface area contributed by atoms with Gasteiger partial charge < -0.3 is 5.32 Å². The predicted octanol–water partition coefficient (Wildman–Crippen LogP) is 4.26. The third-order valence-electron chi connectivity index (χ3n) is 3.67. The Morgan fingerprint density at radius 1 is 1.22 bits per heavy atom. The van der Waals surface area contributed by atoms with Crippen LogP contribution in [-0.4, -0.2) is 7.05 Å². The monoisotopic (exact) mass is 259 g/mol. The lowest BCUT2D eigenvalue weighted by Crippen LogP contribution is -2.18. The van der Waals surface area contributed by atoms with Crippen molar-refractivity contribution in [3.8, 4) is 0 Å². The molecular formula is C16H21NS. The molecule has 1 atom stereocenters. The Labute approximate surface area is 114 Å². The van der Waals surface area contributed by atoms with Crippen molar-refractivity contribution >= 4 is 11.3 Å². The van der Waals surface area contributed by atoms with Crippen LogP contribution in [0.15, 0.2) is 35.0 Å². The maximum Gasteiger partial charge on any atom is 0.0323 e. The molecule has 1 nitrogen and oxygen atoms in total. The second-order valence-electron chi connectivity index (χ2n) is 4.80. The van der Waals surface area contributed by atoms with Crippen LogP contribution >= 0.6 is 11.3 Å². The molecule has 0 radical (unpaired) electrons. The molecule has 1 unspecified atom stereocenters. The molecule has 0 aliphatic carbocycles. The van der Waals surface area contributed by atoms with E-state index in [1.165, 1.54) is 22.3 Å². The highest BCUT2D eigenvalue weighted by Crippen LogP contribution is 2.24. The van der Waals surface area contributed by atoms with Gasteiger partial charge in [0.25, 0.3) is 0 Å². The van der Waals surface area contributed by atoms with Crippen LogP contribution < -0.4 is 5.32 Å². The molecule has 0 saturated carbocycles. The van der Waals surface area contributed by atoms with E-state index in [1.807, 2.05) is 0 Å². The van der Waals surface area contributed by atoms with Crippen molar-refractivity contribution in [1.82, 2.24) is 5.32 Å². The molecule has 1 aromatic carbocycles. The Morgan fingerprint density at radius 2 is 2.06 bits per heavy atom. The standard InChI is InChI=1S/C16H21NS/c1-12-5-4-6-15(13(12)2)16(17-3)8-7-14-9-10-18-11-14/h4-6,9-11,16-17H,7-8H2,1-3H3. The van der Waals surface area contributed by atoms with Crippen LogP contribution in [-0.2, 0) is 6.42 Å². The van der Waals surface area contributed by atoms with Gasteiger partial charge >= 0.3 is 0 Å². The lowest BCUT2D eigenvalue weighted by atomic mass is 9.94. The molecule has 1 aromatic heterocycles. The normalized spacial score (nSPS) is 12.6. The molecule has 1 heterocycles. The van der Waals surface area contributed by atoms with Gasteiger partial charge in [0, 0.05) is 6.04 Å². The fraction of sp³-hybridized carbons (Fsp3) is 0.375. The van der Waals surface area contributed by atoms with Crippen LogP contribution in [0.4, 0.5) is 0 Å². The van der Waals surface area contributed by atoms with Crippen LogP contribution in [0.2, 0.25) is 0 Å². The van der Waals surface area contributed by atoms with E-state index in [2.05, 4.69) is 61.2 Å². The summed E-state index contributed by atoms with van der Waals surface area (Å²) >= 11 is 1.78. The molecule has 0 aliphatic heterocycles. The highest BCUT2D eigenvalue weighted by atomic mass is 32.1. The maximum atomic E-state index is 3.45. The zero-order valence-corrected chi connectivity index (χ0v) is 12.2. The van der Waals surface area contributed by atoms with Gasteiger partial charge in [0.1, 0.15) is 0 Å². The lowest BCUT2D eigenvalue weighted by molar-refractivity contribution is 0.547. The van der Waals surface area contributed by atoms with Crippen molar-refractivity contribution in [2.24, 2.45) is 0 Å². The summed E-state index contributed by atoms with van der Waals surface area (Å²) in [7, 11) is 2.06. The first kappa shape index (κ1) is 13.3. The molecule has 18 heavy (non-hydrogen) atoms. The lowest BCUT2D eigenvalue weighted by Gasteiger charge is -2.19. The van der Waals surface area contributed by atoms with Gasteiger partial charge in [-0.1, -0.05) is 18.2 Å². The van der Waals surface area contributed by atoms with Crippen LogP contribution in [0, 0.1) is 13.8 Å². The number of hydrogen-bond acceptors (Lipinski definition) is 2. The number of nitrogens with one attached hydrogen (secondary N) is 1. The van der Waals surface area contributed by atoms with Gasteiger partial charge in [-0.2, -0.15) is 11.3 Å². The summed E-state index contributed by atoms with van der Waals surface area (Å²) in [6.07, 6.45) is 2.29. The first-order valence-corrected chi connectivity index (χ1v) is 7.41. The van der Waals surface area contributed by atoms with Crippen molar-refractivity contribution in [2.45, 2.75) is 32.7 Å². The van der Waals surface area contributed by atoms with E-state index in [0.717, 1.165) is 12.8 Å². The Balaban J connectivity index is 2.10. The van der Waals surface area contributed by atoms with E-state index < -0.39 is 0 Å². The second-order valence-corrected chi connectivity index (χ2v) is 5.58. The molecule has 2 rings (SSSR count). The number of benzene rings is 1. The Morgan fingerprint density at radius 3 is 2.72 bits per heavy atom. The minimum atomic E-state index is 0.449. The minimum Gasteiger partial charge on any atom is -0.313 e. The van der Waals surface area contributed by atoms with E-state index in [4.69, 9.17) is 0 Å². The fourth-order valence-electron chi connectivity index (χ4n) is 2.35. The third-order valence-corrected chi connectivity index (χ3v) is 4.40. The first-order valence-electron chi connectivity index (χ1n) is 6.47. The highest BCUT2D eigenvalue weighted by Gasteiger charge is 2.12. The molecule has 2 heteroatoms. The van der Waals surface area contributed by atoms with E-state index in [-0.39, 0.29) is 0 Å². The molecule has 0 amide bonds. The van der Waals surface area contributed by atoms with Crippen molar-refractivity contribution < 1.29 is 0 Å². The van der Waals surface area contributed by atoms with Crippen LogP contribution in [0.5, 0.6) is 0 Å². The van der Waals surface area contributed by atoms with Crippen LogP contribution in [0.1, 0.15) is 34.7 Å². The average Bonchev–Trinajstić information content (AvgIpc) is 2.88. The molecule has 0 spiro atoms. The second kappa shape index (κ2) is 6.17. The summed E-state index contributed by atoms with van der Waals surface area (Å²) in [4.78, 5) is 0. The molecular weight excluding hydrogens is 238 g/mol. The third kappa shape index (κ3) is 3.01. The molecule has 0 fully saturated rings. The van der Waals surface area contributed by atoms with E-state index in [1.54, 1.807) is 11.3 Å². The first-order chi connectivity index (χ1) is 8.72. The summed E-state index contributed by atoms with van der Waals surface area (Å²) in [6, 6.07) is 9.26. The maximum absolute atomic E-state index is 3.45. The zero-order chi connectivity index (χ0) is 13.0. The fourth-order valence-corrected chi connectivity index (χ4v) is 3.06. The van der Waals surface area contributed by atoms with Gasteiger partial charge in [-0.25, -0.2) is 0 Å². The Kier molecular flexibility index (Phi) is 4.56. The van der Waals surface area contributed by atoms with Crippen molar-refractivity contribution in [2.75, 3.05) is 7.05 Å². The molecule has 0 aliphatic rings. The highest BCUT2D eigenvalue weighted by molar-refractivity contribution is 7.07. The molecule has 0 bridgehead atoms. The summed E-state index contributed by atoms with van der Waals surface area (Å²) < 4.78 is 0. The van der Waals surface area contributed by atoms with E-state index >= 15 is 0 Å². The van der Waals surface area contributed by atoms with E-state index in [9.17, 15) is 0 Å². The summed E-state index contributed by atoms with van der Waals surface area (Å²) in [6.45, 7) is 4.41. The Bertz CT molecular complexity index is 488. The largest absolute Gasteiger partial charge is 0.313 e. The van der Waals surface area contributed by atoms with Crippen LogP contribution in [0.25, 0.3) is 0 Å². The van der Waals surface area contributed by atoms with Gasteiger partial charge in [0.05, 0.1) is 0 Å². The number of thiophene rings is 1. The molecule has 1 N–H and O–H groups in total. The SMILES string of the molecule is CNC(CCc1ccsc1)c1cccc(C)c1C. The average molecular weight is 259 g/mol. The van der Waals surface area contributed by atoms with Gasteiger partial charge in [-0.15, -0.1) is 0 Å². The number of rotatable bonds is 5. The number of hydrogen-bond donors (Lipinski definition) is 1. The molecule has 0 saturated heterocycles.